The molecule has 0 aliphatic rings. The molecule has 0 aliphatic heterocycles. The molecule has 0 unspecified atom stereocenters. The Hall–Kier alpha value is -0.950. The highest BCUT2D eigenvalue weighted by atomic mass is 35.5. The predicted octanol–water partition coefficient (Wildman–Crippen LogP) is 3.04. The lowest BCUT2D eigenvalue weighted by atomic mass is 10.2. The number of carbonyl (C=O) groups is 1. The van der Waals surface area contributed by atoms with Gasteiger partial charge in [-0.15, -0.1) is 11.6 Å². The number of benzene rings is 1. The standard InChI is InChI=1S/C9H5Cl3N2O/c10-3-8(15)14-9-6(11)1-5(4-13)2-7(9)12/h1-2H,3H2,(H,14,15). The molecule has 0 heterocycles. The zero-order valence-electron chi connectivity index (χ0n) is 7.35. The van der Waals surface area contributed by atoms with E-state index in [0.717, 1.165) is 0 Å². The Bertz CT molecular complexity index is 416. The van der Waals surface area contributed by atoms with Gasteiger partial charge in [0.2, 0.25) is 5.91 Å². The van der Waals surface area contributed by atoms with Crippen molar-refractivity contribution in [2.45, 2.75) is 0 Å². The fraction of sp³-hybridized carbons (Fsp3) is 0.111. The highest BCUT2D eigenvalue weighted by Gasteiger charge is 2.10. The van der Waals surface area contributed by atoms with Gasteiger partial charge in [-0.3, -0.25) is 4.79 Å². The lowest BCUT2D eigenvalue weighted by Crippen LogP contribution is -2.13. The SMILES string of the molecule is N#Cc1cc(Cl)c(NC(=O)CCl)c(Cl)c1. The molecule has 0 atom stereocenters. The zero-order valence-corrected chi connectivity index (χ0v) is 9.62. The van der Waals surface area contributed by atoms with E-state index in [-0.39, 0.29) is 21.6 Å². The van der Waals surface area contributed by atoms with Crippen molar-refractivity contribution < 1.29 is 4.79 Å². The molecule has 0 aromatic heterocycles. The molecule has 1 N–H and O–H groups in total. The number of amides is 1. The average molecular weight is 264 g/mol. The van der Waals surface area contributed by atoms with E-state index in [1.165, 1.54) is 12.1 Å². The predicted molar refractivity (Wildman–Crippen MR) is 60.5 cm³/mol. The van der Waals surface area contributed by atoms with Gasteiger partial charge in [-0.1, -0.05) is 23.2 Å². The van der Waals surface area contributed by atoms with Crippen LogP contribution in [0.1, 0.15) is 5.56 Å². The lowest BCUT2D eigenvalue weighted by Gasteiger charge is -2.07. The van der Waals surface area contributed by atoms with E-state index >= 15 is 0 Å². The normalized spacial score (nSPS) is 9.47. The minimum Gasteiger partial charge on any atom is -0.322 e. The Kier molecular flexibility index (Phi) is 4.22. The summed E-state index contributed by atoms with van der Waals surface area (Å²) in [4.78, 5) is 11.0. The molecule has 6 heteroatoms. The number of nitrogens with one attached hydrogen (secondary N) is 1. The van der Waals surface area contributed by atoms with E-state index in [1.807, 2.05) is 6.07 Å². The van der Waals surface area contributed by atoms with Crippen LogP contribution in [0, 0.1) is 11.3 Å². The van der Waals surface area contributed by atoms with Gasteiger partial charge in [-0.25, -0.2) is 0 Å². The van der Waals surface area contributed by atoms with E-state index < -0.39 is 5.91 Å². The van der Waals surface area contributed by atoms with Gasteiger partial charge in [0.1, 0.15) is 5.88 Å². The molecule has 0 spiro atoms. The molecule has 78 valence electrons. The Morgan fingerprint density at radius 1 is 1.40 bits per heavy atom. The first kappa shape index (κ1) is 12.1. The van der Waals surface area contributed by atoms with Crippen LogP contribution in [-0.2, 0) is 4.79 Å². The third kappa shape index (κ3) is 3.00. The number of nitriles is 1. The molecule has 1 aromatic carbocycles. The second-order valence-corrected chi connectivity index (χ2v) is 3.69. The molecule has 0 bridgehead atoms. The largest absolute Gasteiger partial charge is 0.322 e. The molecule has 0 aliphatic carbocycles. The Balaban J connectivity index is 3.10. The summed E-state index contributed by atoms with van der Waals surface area (Å²) in [5, 5.41) is 11.5. The van der Waals surface area contributed by atoms with Gasteiger partial charge in [0, 0.05) is 0 Å². The fourth-order valence-corrected chi connectivity index (χ4v) is 1.58. The Labute approximate surface area is 102 Å². The zero-order chi connectivity index (χ0) is 11.4. The van der Waals surface area contributed by atoms with Crippen LogP contribution >= 0.6 is 34.8 Å². The minimum absolute atomic E-state index is 0.188. The summed E-state index contributed by atoms with van der Waals surface area (Å²) in [7, 11) is 0. The highest BCUT2D eigenvalue weighted by Crippen LogP contribution is 2.31. The molecule has 0 radical (unpaired) electrons. The summed E-state index contributed by atoms with van der Waals surface area (Å²) in [6.07, 6.45) is 0. The number of carbonyl (C=O) groups excluding carboxylic acids is 1. The third-order valence-corrected chi connectivity index (χ3v) is 2.40. The van der Waals surface area contributed by atoms with Crippen molar-refractivity contribution >= 4 is 46.4 Å². The molecule has 15 heavy (non-hydrogen) atoms. The van der Waals surface area contributed by atoms with Gasteiger partial charge < -0.3 is 5.32 Å². The van der Waals surface area contributed by atoms with Crippen LogP contribution in [0.3, 0.4) is 0 Å². The quantitative estimate of drug-likeness (QED) is 0.834. The summed E-state index contributed by atoms with van der Waals surface area (Å²) < 4.78 is 0. The molecular formula is C9H5Cl3N2O. The monoisotopic (exact) mass is 262 g/mol. The molecule has 0 saturated heterocycles. The molecule has 1 aromatic rings. The van der Waals surface area contributed by atoms with E-state index in [4.69, 9.17) is 40.1 Å². The van der Waals surface area contributed by atoms with Crippen molar-refractivity contribution in [2.24, 2.45) is 0 Å². The summed E-state index contributed by atoms with van der Waals surface area (Å²) in [6, 6.07) is 4.72. The van der Waals surface area contributed by atoms with Crippen molar-refractivity contribution in [3.8, 4) is 6.07 Å². The van der Waals surface area contributed by atoms with E-state index in [9.17, 15) is 4.79 Å². The maximum Gasteiger partial charge on any atom is 0.239 e. The fourth-order valence-electron chi connectivity index (χ4n) is 0.930. The third-order valence-electron chi connectivity index (χ3n) is 1.56. The van der Waals surface area contributed by atoms with Crippen LogP contribution in [0.4, 0.5) is 5.69 Å². The summed E-state index contributed by atoms with van der Waals surface area (Å²) >= 11 is 17.0. The van der Waals surface area contributed by atoms with Crippen LogP contribution in [0.25, 0.3) is 0 Å². The van der Waals surface area contributed by atoms with Gasteiger partial charge in [0.25, 0.3) is 0 Å². The summed E-state index contributed by atoms with van der Waals surface area (Å²) in [5.41, 5.74) is 0.594. The van der Waals surface area contributed by atoms with Gasteiger partial charge in [-0.05, 0) is 12.1 Å². The molecule has 0 saturated carbocycles. The lowest BCUT2D eigenvalue weighted by molar-refractivity contribution is -0.113. The van der Waals surface area contributed by atoms with Crippen LogP contribution in [0.15, 0.2) is 12.1 Å². The molecule has 0 fully saturated rings. The van der Waals surface area contributed by atoms with Gasteiger partial charge in [0.05, 0.1) is 27.4 Å². The smallest absolute Gasteiger partial charge is 0.239 e. The average Bonchev–Trinajstić information content (AvgIpc) is 2.22. The van der Waals surface area contributed by atoms with Crippen molar-refractivity contribution in [1.29, 1.82) is 5.26 Å². The second-order valence-electron chi connectivity index (χ2n) is 2.61. The minimum atomic E-state index is -0.412. The highest BCUT2D eigenvalue weighted by molar-refractivity contribution is 6.40. The van der Waals surface area contributed by atoms with Crippen molar-refractivity contribution in [1.82, 2.24) is 0 Å². The maximum absolute atomic E-state index is 11.0. The second kappa shape index (κ2) is 5.22. The first-order valence-corrected chi connectivity index (χ1v) is 5.12. The molecular weight excluding hydrogens is 258 g/mol. The molecule has 1 amide bonds. The van der Waals surface area contributed by atoms with Crippen LogP contribution in [-0.4, -0.2) is 11.8 Å². The topological polar surface area (TPSA) is 52.9 Å². The number of hydrogen-bond donors (Lipinski definition) is 1. The van der Waals surface area contributed by atoms with E-state index in [0.29, 0.717) is 5.56 Å². The van der Waals surface area contributed by atoms with Crippen molar-refractivity contribution in [3.05, 3.63) is 27.7 Å². The van der Waals surface area contributed by atoms with E-state index in [2.05, 4.69) is 5.32 Å². The number of halogens is 3. The van der Waals surface area contributed by atoms with Crippen molar-refractivity contribution in [3.63, 3.8) is 0 Å². The number of nitrogens with zero attached hydrogens (tertiary/aromatic N) is 1. The number of anilines is 1. The number of alkyl halides is 1. The van der Waals surface area contributed by atoms with Gasteiger partial charge in [0.15, 0.2) is 0 Å². The molecule has 1 rings (SSSR count). The summed E-state index contributed by atoms with van der Waals surface area (Å²) in [6.45, 7) is 0. The molecule has 3 nitrogen and oxygen atoms in total. The van der Waals surface area contributed by atoms with Crippen LogP contribution in [0.2, 0.25) is 10.0 Å². The van der Waals surface area contributed by atoms with Gasteiger partial charge >= 0.3 is 0 Å². The van der Waals surface area contributed by atoms with Crippen LogP contribution in [0.5, 0.6) is 0 Å². The van der Waals surface area contributed by atoms with Crippen molar-refractivity contribution in [2.75, 3.05) is 11.2 Å². The Morgan fingerprint density at radius 2 is 1.93 bits per heavy atom. The Morgan fingerprint density at radius 3 is 2.33 bits per heavy atom. The summed E-state index contributed by atoms with van der Waals surface area (Å²) in [5.74, 6) is -0.600. The first-order valence-electron chi connectivity index (χ1n) is 3.83. The van der Waals surface area contributed by atoms with E-state index in [1.54, 1.807) is 0 Å². The maximum atomic E-state index is 11.0. The van der Waals surface area contributed by atoms with Gasteiger partial charge in [-0.2, -0.15) is 5.26 Å². The number of hydrogen-bond acceptors (Lipinski definition) is 2. The number of rotatable bonds is 2. The van der Waals surface area contributed by atoms with Crippen LogP contribution < -0.4 is 5.32 Å². The first-order chi connectivity index (χ1) is 7.08.